The second-order valence-corrected chi connectivity index (χ2v) is 8.11. The quantitative estimate of drug-likeness (QED) is 0.472. The summed E-state index contributed by atoms with van der Waals surface area (Å²) < 4.78 is 2.78. The van der Waals surface area contributed by atoms with Gasteiger partial charge in [0, 0.05) is 23.4 Å². The molecule has 33 heavy (non-hydrogen) atoms. The standard InChI is InChI=1S/C25H27N5O3/c1-4-18(15-30-24(32)19-11-7-6-10-17(19)14-26-30)27-23(31)16(3)22-20-12-8-9-13-21(20)25(33)29(5-2)28-22/h6-14,16,18H,4-5,15H2,1-3H3,(H,27,31)/t16-,18+/m0/s1. The number of nitrogens with one attached hydrogen (secondary N) is 1. The van der Waals surface area contributed by atoms with Crippen LogP contribution in [0.4, 0.5) is 0 Å². The fourth-order valence-electron chi connectivity index (χ4n) is 3.99. The van der Waals surface area contributed by atoms with Gasteiger partial charge in [-0.25, -0.2) is 9.36 Å². The van der Waals surface area contributed by atoms with Crippen LogP contribution in [0.3, 0.4) is 0 Å². The average Bonchev–Trinajstić information content (AvgIpc) is 2.85. The summed E-state index contributed by atoms with van der Waals surface area (Å²) in [6, 6.07) is 14.2. The lowest BCUT2D eigenvalue weighted by Crippen LogP contribution is -2.42. The number of amides is 1. The van der Waals surface area contributed by atoms with Gasteiger partial charge in [0.15, 0.2) is 0 Å². The Morgan fingerprint density at radius 1 is 0.939 bits per heavy atom. The van der Waals surface area contributed by atoms with Crippen molar-refractivity contribution in [1.29, 1.82) is 0 Å². The van der Waals surface area contributed by atoms with E-state index in [0.717, 1.165) is 5.39 Å². The van der Waals surface area contributed by atoms with Crippen LogP contribution in [0.15, 0.2) is 64.3 Å². The molecule has 2 aromatic heterocycles. The van der Waals surface area contributed by atoms with Crippen molar-refractivity contribution < 1.29 is 4.79 Å². The van der Waals surface area contributed by atoms with Crippen molar-refractivity contribution in [3.05, 3.63) is 81.1 Å². The van der Waals surface area contributed by atoms with Crippen LogP contribution in [0.5, 0.6) is 0 Å². The van der Waals surface area contributed by atoms with Crippen LogP contribution in [0, 0.1) is 0 Å². The molecule has 1 amide bonds. The Bertz CT molecular complexity index is 1440. The minimum atomic E-state index is -0.580. The van der Waals surface area contributed by atoms with Gasteiger partial charge >= 0.3 is 0 Å². The highest BCUT2D eigenvalue weighted by molar-refractivity contribution is 5.91. The molecule has 1 N–H and O–H groups in total. The second kappa shape index (κ2) is 9.36. The SMILES string of the molecule is CC[C@H](Cn1ncc2ccccc2c1=O)NC(=O)[C@@H](C)c1nn(CC)c(=O)c2ccccc12. The minimum Gasteiger partial charge on any atom is -0.351 e. The van der Waals surface area contributed by atoms with Crippen LogP contribution in [-0.2, 0) is 17.9 Å². The summed E-state index contributed by atoms with van der Waals surface area (Å²) in [7, 11) is 0. The van der Waals surface area contributed by atoms with Crippen molar-refractivity contribution in [1.82, 2.24) is 24.9 Å². The molecule has 0 aliphatic rings. The molecule has 0 radical (unpaired) electrons. The van der Waals surface area contributed by atoms with Crippen molar-refractivity contribution in [2.45, 2.75) is 52.2 Å². The molecule has 0 saturated heterocycles. The first-order chi connectivity index (χ1) is 15.9. The molecule has 0 aliphatic heterocycles. The van der Waals surface area contributed by atoms with Crippen LogP contribution in [0.1, 0.15) is 38.8 Å². The van der Waals surface area contributed by atoms with E-state index in [0.29, 0.717) is 34.8 Å². The zero-order valence-corrected chi connectivity index (χ0v) is 19.0. The number of carbonyl (C=O) groups excluding carboxylic acids is 1. The van der Waals surface area contributed by atoms with E-state index in [4.69, 9.17) is 0 Å². The molecule has 2 heterocycles. The Hall–Kier alpha value is -3.81. The van der Waals surface area contributed by atoms with Crippen molar-refractivity contribution in [3.8, 4) is 0 Å². The number of hydrogen-bond acceptors (Lipinski definition) is 5. The maximum Gasteiger partial charge on any atom is 0.274 e. The minimum absolute atomic E-state index is 0.169. The molecule has 0 aliphatic carbocycles. The molecule has 2 aromatic carbocycles. The van der Waals surface area contributed by atoms with Gasteiger partial charge in [-0.05, 0) is 32.4 Å². The lowest BCUT2D eigenvalue weighted by atomic mass is 10.00. The van der Waals surface area contributed by atoms with Gasteiger partial charge in [0.05, 0.1) is 35.1 Å². The molecule has 0 spiro atoms. The van der Waals surface area contributed by atoms with Crippen LogP contribution in [0.25, 0.3) is 21.5 Å². The smallest absolute Gasteiger partial charge is 0.274 e. The number of fused-ring (bicyclic) bond motifs is 2. The molecule has 0 saturated carbocycles. The predicted octanol–water partition coefficient (Wildman–Crippen LogP) is 2.82. The molecule has 170 valence electrons. The summed E-state index contributed by atoms with van der Waals surface area (Å²) in [5.41, 5.74) is 0.203. The normalized spacial score (nSPS) is 13.2. The number of hydrogen-bond donors (Lipinski definition) is 1. The van der Waals surface area contributed by atoms with Gasteiger partial charge in [-0.15, -0.1) is 0 Å². The highest BCUT2D eigenvalue weighted by atomic mass is 16.2. The fourth-order valence-corrected chi connectivity index (χ4v) is 3.99. The predicted molar refractivity (Wildman–Crippen MR) is 128 cm³/mol. The molecule has 8 heteroatoms. The van der Waals surface area contributed by atoms with Gasteiger partial charge in [0.2, 0.25) is 5.91 Å². The Labute approximate surface area is 190 Å². The van der Waals surface area contributed by atoms with Gasteiger partial charge in [-0.2, -0.15) is 10.2 Å². The van der Waals surface area contributed by atoms with E-state index in [2.05, 4.69) is 15.5 Å². The molecule has 8 nitrogen and oxygen atoms in total. The van der Waals surface area contributed by atoms with Gasteiger partial charge in [-0.3, -0.25) is 14.4 Å². The third kappa shape index (κ3) is 4.28. The third-order valence-corrected chi connectivity index (χ3v) is 5.99. The molecular formula is C25H27N5O3. The number of nitrogens with zero attached hydrogens (tertiary/aromatic N) is 4. The van der Waals surface area contributed by atoms with E-state index in [1.54, 1.807) is 31.3 Å². The number of rotatable bonds is 7. The van der Waals surface area contributed by atoms with Crippen LogP contribution in [-0.4, -0.2) is 31.5 Å². The lowest BCUT2D eigenvalue weighted by molar-refractivity contribution is -0.123. The first-order valence-corrected chi connectivity index (χ1v) is 11.2. The summed E-state index contributed by atoms with van der Waals surface area (Å²) in [5.74, 6) is -0.793. The van der Waals surface area contributed by atoms with E-state index in [1.165, 1.54) is 9.36 Å². The number of aryl methyl sites for hydroxylation is 1. The first-order valence-electron chi connectivity index (χ1n) is 11.2. The average molecular weight is 446 g/mol. The van der Waals surface area contributed by atoms with E-state index in [1.807, 2.05) is 44.2 Å². The largest absolute Gasteiger partial charge is 0.351 e. The van der Waals surface area contributed by atoms with Crippen molar-refractivity contribution in [2.24, 2.45) is 0 Å². The summed E-state index contributed by atoms with van der Waals surface area (Å²) in [6.45, 7) is 6.26. The summed E-state index contributed by atoms with van der Waals surface area (Å²) in [5, 5.41) is 14.4. The number of aromatic nitrogens is 4. The number of benzene rings is 2. The molecule has 0 fully saturated rings. The van der Waals surface area contributed by atoms with Crippen LogP contribution >= 0.6 is 0 Å². The third-order valence-electron chi connectivity index (χ3n) is 5.99. The summed E-state index contributed by atoms with van der Waals surface area (Å²) in [6.07, 6.45) is 2.29. The summed E-state index contributed by atoms with van der Waals surface area (Å²) in [4.78, 5) is 38.6. The van der Waals surface area contributed by atoms with Crippen LogP contribution in [0.2, 0.25) is 0 Å². The molecule has 0 unspecified atom stereocenters. The molecule has 2 atom stereocenters. The van der Waals surface area contributed by atoms with E-state index < -0.39 is 5.92 Å². The fraction of sp³-hybridized carbons (Fsp3) is 0.320. The highest BCUT2D eigenvalue weighted by Gasteiger charge is 2.24. The number of carbonyl (C=O) groups is 1. The highest BCUT2D eigenvalue weighted by Crippen LogP contribution is 2.22. The zero-order valence-electron chi connectivity index (χ0n) is 19.0. The van der Waals surface area contributed by atoms with Gasteiger partial charge < -0.3 is 5.32 Å². The molecule has 4 rings (SSSR count). The monoisotopic (exact) mass is 445 g/mol. The topological polar surface area (TPSA) is 98.9 Å². The van der Waals surface area contributed by atoms with Crippen molar-refractivity contribution in [3.63, 3.8) is 0 Å². The van der Waals surface area contributed by atoms with E-state index in [9.17, 15) is 14.4 Å². The molecule has 4 aromatic rings. The van der Waals surface area contributed by atoms with E-state index in [-0.39, 0.29) is 29.6 Å². The van der Waals surface area contributed by atoms with Gasteiger partial charge in [0.1, 0.15) is 0 Å². The maximum atomic E-state index is 13.2. The van der Waals surface area contributed by atoms with Crippen molar-refractivity contribution >= 4 is 27.5 Å². The maximum absolute atomic E-state index is 13.2. The lowest BCUT2D eigenvalue weighted by Gasteiger charge is -2.21. The Balaban J connectivity index is 1.60. The molecule has 0 bridgehead atoms. The van der Waals surface area contributed by atoms with Gasteiger partial charge in [-0.1, -0.05) is 43.3 Å². The Morgan fingerprint density at radius 3 is 2.27 bits per heavy atom. The first kappa shape index (κ1) is 22.4. The van der Waals surface area contributed by atoms with E-state index >= 15 is 0 Å². The van der Waals surface area contributed by atoms with Crippen molar-refractivity contribution in [2.75, 3.05) is 0 Å². The van der Waals surface area contributed by atoms with Crippen LogP contribution < -0.4 is 16.4 Å². The zero-order chi connectivity index (χ0) is 23.5. The second-order valence-electron chi connectivity index (χ2n) is 8.11. The summed E-state index contributed by atoms with van der Waals surface area (Å²) >= 11 is 0. The van der Waals surface area contributed by atoms with Gasteiger partial charge in [0.25, 0.3) is 11.1 Å². The Kier molecular flexibility index (Phi) is 6.35. The molecular weight excluding hydrogens is 418 g/mol. The Morgan fingerprint density at radius 2 is 1.58 bits per heavy atom.